The van der Waals surface area contributed by atoms with Crippen LogP contribution in [0, 0.1) is 0 Å². The Morgan fingerprint density at radius 3 is 2.46 bits per heavy atom. The Labute approximate surface area is 162 Å². The number of thiazole rings is 1. The predicted octanol–water partition coefficient (Wildman–Crippen LogP) is 3.61. The molecule has 0 unspecified atom stereocenters. The summed E-state index contributed by atoms with van der Waals surface area (Å²) >= 11 is 2.42. The molecule has 0 amide bonds. The number of ether oxygens (including phenoxy) is 1. The molecule has 6 nitrogen and oxygen atoms in total. The Morgan fingerprint density at radius 1 is 1.31 bits per heavy atom. The van der Waals surface area contributed by atoms with Crippen LogP contribution in [0.2, 0.25) is 0 Å². The van der Waals surface area contributed by atoms with E-state index in [2.05, 4.69) is 4.98 Å². The lowest BCUT2D eigenvalue weighted by Crippen LogP contribution is -2.41. The van der Waals surface area contributed by atoms with Gasteiger partial charge in [0.05, 0.1) is 24.0 Å². The van der Waals surface area contributed by atoms with Crippen molar-refractivity contribution in [2.24, 2.45) is 0 Å². The number of carbonyl (C=O) groups is 2. The van der Waals surface area contributed by atoms with Gasteiger partial charge in [-0.25, -0.2) is 9.78 Å². The summed E-state index contributed by atoms with van der Waals surface area (Å²) in [6.07, 6.45) is 3.32. The first-order valence-corrected chi connectivity index (χ1v) is 10.2. The second-order valence-electron chi connectivity index (χ2n) is 6.87. The van der Waals surface area contributed by atoms with Gasteiger partial charge in [-0.05, 0) is 46.2 Å². The van der Waals surface area contributed by atoms with Crippen LogP contribution >= 0.6 is 23.1 Å². The van der Waals surface area contributed by atoms with Gasteiger partial charge in [0.2, 0.25) is 0 Å². The number of thioether (sulfide) groups is 1. The normalized spacial score (nSPS) is 18.8. The molecule has 0 radical (unpaired) electrons. The largest absolute Gasteiger partial charge is 0.491 e. The monoisotopic (exact) mass is 397 g/mol. The Balaban J connectivity index is 2.26. The molecule has 0 aromatic carbocycles. The predicted molar refractivity (Wildman–Crippen MR) is 105 cm³/mol. The Hall–Kier alpha value is -1.16. The summed E-state index contributed by atoms with van der Waals surface area (Å²) in [7, 11) is -0.568. The van der Waals surface area contributed by atoms with E-state index in [1.807, 2.05) is 33.8 Å². The summed E-state index contributed by atoms with van der Waals surface area (Å²) in [6, 6.07) is 0. The van der Waals surface area contributed by atoms with Gasteiger partial charge in [0.15, 0.2) is 5.12 Å². The van der Waals surface area contributed by atoms with E-state index in [0.29, 0.717) is 22.2 Å². The smallest absolute Gasteiger partial charge is 0.462 e. The van der Waals surface area contributed by atoms with Crippen molar-refractivity contribution in [1.29, 1.82) is 0 Å². The highest BCUT2D eigenvalue weighted by atomic mass is 32.2. The molecule has 26 heavy (non-hydrogen) atoms. The van der Waals surface area contributed by atoms with Crippen molar-refractivity contribution in [3.05, 3.63) is 21.6 Å². The van der Waals surface area contributed by atoms with Gasteiger partial charge in [-0.2, -0.15) is 0 Å². The molecule has 1 aromatic rings. The highest BCUT2D eigenvalue weighted by Gasteiger charge is 2.52. The van der Waals surface area contributed by atoms with Gasteiger partial charge < -0.3 is 14.0 Å². The number of rotatable bonds is 6. The highest BCUT2D eigenvalue weighted by molar-refractivity contribution is 8.13. The molecule has 0 atom stereocenters. The average molecular weight is 397 g/mol. The molecule has 0 bridgehead atoms. The van der Waals surface area contributed by atoms with E-state index < -0.39 is 18.3 Å². The lowest BCUT2D eigenvalue weighted by molar-refractivity contribution is -0.109. The van der Waals surface area contributed by atoms with Crippen molar-refractivity contribution in [1.82, 2.24) is 4.98 Å². The fourth-order valence-corrected chi connectivity index (χ4v) is 3.54. The van der Waals surface area contributed by atoms with Crippen molar-refractivity contribution in [2.45, 2.75) is 52.7 Å². The van der Waals surface area contributed by atoms with Crippen molar-refractivity contribution in [2.75, 3.05) is 12.4 Å². The van der Waals surface area contributed by atoms with E-state index in [9.17, 15) is 9.59 Å². The van der Waals surface area contributed by atoms with Crippen LogP contribution in [0.5, 0.6) is 0 Å². The zero-order valence-electron chi connectivity index (χ0n) is 16.0. The molecule has 9 heteroatoms. The number of esters is 1. The molecule has 2 rings (SSSR count). The van der Waals surface area contributed by atoms with Gasteiger partial charge in [0.1, 0.15) is 9.88 Å². The molecule has 0 N–H and O–H groups in total. The third kappa shape index (κ3) is 4.97. The second-order valence-corrected chi connectivity index (χ2v) is 9.09. The molecular formula is C17H24BNO5S2. The third-order valence-electron chi connectivity index (χ3n) is 4.31. The number of aromatic nitrogens is 1. The van der Waals surface area contributed by atoms with E-state index in [1.165, 1.54) is 36.2 Å². The first kappa shape index (κ1) is 21.1. The Morgan fingerprint density at radius 2 is 1.92 bits per heavy atom. The van der Waals surface area contributed by atoms with Crippen molar-refractivity contribution in [3.63, 3.8) is 0 Å². The van der Waals surface area contributed by atoms with E-state index in [4.69, 9.17) is 14.0 Å². The Kier molecular flexibility index (Phi) is 6.71. The quantitative estimate of drug-likeness (QED) is 0.536. The lowest BCUT2D eigenvalue weighted by Gasteiger charge is -2.32. The summed E-state index contributed by atoms with van der Waals surface area (Å²) in [5, 5.41) is 0.653. The van der Waals surface area contributed by atoms with E-state index in [0.717, 1.165) is 5.47 Å². The minimum absolute atomic E-state index is 0.0127. The molecule has 1 aromatic heterocycles. The maximum Gasteiger partial charge on any atom is 0.491 e. The van der Waals surface area contributed by atoms with Crippen LogP contribution in [0.25, 0.3) is 6.08 Å². The van der Waals surface area contributed by atoms with Crippen molar-refractivity contribution >= 4 is 47.4 Å². The summed E-state index contributed by atoms with van der Waals surface area (Å²) in [4.78, 5) is 27.9. The first-order valence-electron chi connectivity index (χ1n) is 8.38. The molecule has 0 aliphatic carbocycles. The van der Waals surface area contributed by atoms with Crippen LogP contribution in [0.15, 0.2) is 11.7 Å². The van der Waals surface area contributed by atoms with E-state index in [-0.39, 0.29) is 11.1 Å². The minimum Gasteiger partial charge on any atom is -0.462 e. The minimum atomic E-state index is -0.568. The van der Waals surface area contributed by atoms with Crippen LogP contribution in [-0.4, -0.2) is 46.7 Å². The highest BCUT2D eigenvalue weighted by Crippen LogP contribution is 2.39. The second kappa shape index (κ2) is 8.25. The molecule has 1 fully saturated rings. The van der Waals surface area contributed by atoms with Crippen LogP contribution < -0.4 is 0 Å². The zero-order valence-corrected chi connectivity index (χ0v) is 17.6. The zero-order chi connectivity index (χ0) is 19.5. The van der Waals surface area contributed by atoms with Crippen LogP contribution in [0.3, 0.4) is 0 Å². The number of nitrogens with zero attached hydrogens (tertiary/aromatic N) is 1. The molecule has 1 saturated heterocycles. The van der Waals surface area contributed by atoms with Crippen LogP contribution in [0.1, 0.15) is 56.2 Å². The lowest BCUT2D eigenvalue weighted by atomic mass is 9.79. The van der Waals surface area contributed by atoms with Crippen molar-refractivity contribution < 1.29 is 23.6 Å². The van der Waals surface area contributed by atoms with Gasteiger partial charge in [0.25, 0.3) is 0 Å². The van der Waals surface area contributed by atoms with Crippen LogP contribution in [-0.2, 0) is 18.8 Å². The fraction of sp³-hybridized carbons (Fsp3) is 0.588. The number of hydrogen-bond acceptors (Lipinski definition) is 8. The summed E-state index contributed by atoms with van der Waals surface area (Å²) in [5.74, 6) is 0.0421. The van der Waals surface area contributed by atoms with E-state index in [1.54, 1.807) is 6.92 Å². The SMILES string of the molecule is CCOC(=O)c1cnc(C=C(CSC(C)=O)B2OC(C)(C)C(C)(C)O2)s1. The first-order chi connectivity index (χ1) is 12.1. The number of hydrogen-bond donors (Lipinski definition) is 0. The van der Waals surface area contributed by atoms with Gasteiger partial charge in [-0.3, -0.25) is 4.79 Å². The molecule has 0 spiro atoms. The van der Waals surface area contributed by atoms with Gasteiger partial charge in [0, 0.05) is 12.7 Å². The maximum atomic E-state index is 11.8. The summed E-state index contributed by atoms with van der Waals surface area (Å²) in [5.41, 5.74) is -0.152. The summed E-state index contributed by atoms with van der Waals surface area (Å²) < 4.78 is 17.2. The maximum absolute atomic E-state index is 11.8. The van der Waals surface area contributed by atoms with Gasteiger partial charge >= 0.3 is 13.1 Å². The van der Waals surface area contributed by atoms with Gasteiger partial charge in [-0.1, -0.05) is 11.8 Å². The third-order valence-corrected chi connectivity index (χ3v) is 6.12. The summed E-state index contributed by atoms with van der Waals surface area (Å²) in [6.45, 7) is 11.5. The van der Waals surface area contributed by atoms with Crippen LogP contribution in [0.4, 0.5) is 0 Å². The average Bonchev–Trinajstić information content (AvgIpc) is 3.06. The molecule has 2 heterocycles. The molecular weight excluding hydrogens is 373 g/mol. The van der Waals surface area contributed by atoms with Gasteiger partial charge in [-0.15, -0.1) is 11.3 Å². The molecule has 142 valence electrons. The standard InChI is InChI=1S/C17H24BNO5S2/c1-7-22-15(21)13-9-19-14(26-13)8-12(10-25-11(2)20)18-23-16(3,4)17(5,6)24-18/h8-9H,7,10H2,1-6H3. The van der Waals surface area contributed by atoms with Crippen molar-refractivity contribution in [3.8, 4) is 0 Å². The molecule has 0 saturated carbocycles. The van der Waals surface area contributed by atoms with E-state index >= 15 is 0 Å². The Bertz CT molecular complexity index is 698. The number of carbonyl (C=O) groups excluding carboxylic acids is 2. The fourth-order valence-electron chi connectivity index (χ4n) is 2.17. The topological polar surface area (TPSA) is 74.7 Å². The molecule has 1 aliphatic rings. The molecule has 1 aliphatic heterocycles.